The van der Waals surface area contributed by atoms with Gasteiger partial charge in [0.15, 0.2) is 0 Å². The smallest absolute Gasteiger partial charge is 0.294 e. The highest BCUT2D eigenvalue weighted by atomic mass is 32.2. The lowest BCUT2D eigenvalue weighted by Gasteiger charge is -2.38. The second-order valence-corrected chi connectivity index (χ2v) is 19.0. The molecular weight excluding hydrogens is 745 g/mol. The molecule has 4 aromatic rings. The second kappa shape index (κ2) is 15.1. The van der Waals surface area contributed by atoms with Gasteiger partial charge >= 0.3 is 0 Å². The van der Waals surface area contributed by atoms with Crippen molar-refractivity contribution in [3.8, 4) is 0 Å². The molecule has 3 fully saturated rings. The van der Waals surface area contributed by atoms with Crippen LogP contribution in [0.15, 0.2) is 143 Å². The van der Waals surface area contributed by atoms with E-state index < -0.39 is 20.2 Å². The predicted molar refractivity (Wildman–Crippen MR) is 216 cm³/mol. The van der Waals surface area contributed by atoms with Crippen LogP contribution in [0.2, 0.25) is 0 Å². The molecule has 0 saturated carbocycles. The number of rotatable bonds is 6. The van der Waals surface area contributed by atoms with Gasteiger partial charge in [-0.25, -0.2) is 0 Å². The quantitative estimate of drug-likeness (QED) is 0.106. The van der Waals surface area contributed by atoms with Crippen LogP contribution in [0.4, 0.5) is 0 Å². The zero-order valence-electron chi connectivity index (χ0n) is 30.8. The van der Waals surface area contributed by atoms with Gasteiger partial charge in [0.2, 0.25) is 0 Å². The summed E-state index contributed by atoms with van der Waals surface area (Å²) in [6.07, 6.45) is 12.9. The highest BCUT2D eigenvalue weighted by Crippen LogP contribution is 2.44. The minimum atomic E-state index is -4.36. The number of hydrogen-bond acceptors (Lipinski definition) is 8. The Labute approximate surface area is 329 Å². The van der Waals surface area contributed by atoms with E-state index in [-0.39, 0.29) is 81.8 Å². The molecule has 292 valence electrons. The van der Waals surface area contributed by atoms with Gasteiger partial charge in [0, 0.05) is 72.0 Å². The Morgan fingerprint density at radius 1 is 0.375 bits per heavy atom. The lowest BCUT2D eigenvalue weighted by Crippen LogP contribution is -2.52. The topological polar surface area (TPSA) is 157 Å². The molecule has 0 aromatic heterocycles. The molecule has 12 atom stereocenters. The lowest BCUT2D eigenvalue weighted by atomic mass is 9.83. The minimum Gasteiger partial charge on any atom is -0.310 e. The zero-order valence-corrected chi connectivity index (χ0v) is 32.4. The average molecular weight is 793 g/mol. The van der Waals surface area contributed by atoms with Crippen molar-refractivity contribution >= 4 is 20.2 Å². The van der Waals surface area contributed by atoms with Gasteiger partial charge in [-0.15, -0.1) is 0 Å². The number of hydrogen-bond donors (Lipinski definition) is 6. The van der Waals surface area contributed by atoms with E-state index in [9.17, 15) is 25.9 Å². The molecule has 0 radical (unpaired) electrons. The molecule has 12 unspecified atom stereocenters. The number of fused-ring (bicyclic) bond motifs is 8. The number of nitrogens with one attached hydrogen (secondary N) is 4. The van der Waals surface area contributed by atoms with Gasteiger partial charge in [0.05, 0.1) is 9.79 Å². The molecule has 4 aromatic carbocycles. The Morgan fingerprint density at radius 3 is 1.05 bits per heavy atom. The molecule has 0 spiro atoms. The third-order valence-electron chi connectivity index (χ3n) is 13.0. The van der Waals surface area contributed by atoms with Crippen molar-refractivity contribution < 1.29 is 25.9 Å². The van der Waals surface area contributed by atoms with Crippen molar-refractivity contribution in [3.63, 3.8) is 0 Å². The van der Waals surface area contributed by atoms with Crippen molar-refractivity contribution in [1.29, 1.82) is 0 Å². The van der Waals surface area contributed by atoms with Crippen molar-refractivity contribution in [2.24, 2.45) is 0 Å². The monoisotopic (exact) mass is 792 g/mol. The van der Waals surface area contributed by atoms with Crippen molar-refractivity contribution in [1.82, 2.24) is 21.3 Å². The molecule has 56 heavy (non-hydrogen) atoms. The van der Waals surface area contributed by atoms with E-state index in [4.69, 9.17) is 0 Å². The van der Waals surface area contributed by atoms with Gasteiger partial charge in [-0.05, 0) is 72.2 Å². The first-order chi connectivity index (χ1) is 27.0. The van der Waals surface area contributed by atoms with Crippen LogP contribution in [0, 0.1) is 0 Å². The molecular formula is C44H48N4O6S2. The van der Waals surface area contributed by atoms with E-state index >= 15 is 0 Å². The van der Waals surface area contributed by atoms with Crippen molar-refractivity contribution in [2.45, 2.75) is 107 Å². The van der Waals surface area contributed by atoms with Crippen LogP contribution >= 0.6 is 0 Å². The Morgan fingerprint density at radius 2 is 0.679 bits per heavy atom. The van der Waals surface area contributed by atoms with Crippen LogP contribution in [0.25, 0.3) is 0 Å². The normalized spacial score (nSPS) is 34.2. The fraction of sp³-hybridized carbons (Fsp3) is 0.364. The first-order valence-corrected chi connectivity index (χ1v) is 22.5. The van der Waals surface area contributed by atoms with Gasteiger partial charge in [-0.3, -0.25) is 9.11 Å². The third-order valence-corrected chi connectivity index (χ3v) is 14.8. The van der Waals surface area contributed by atoms with Crippen LogP contribution in [-0.4, -0.2) is 74.3 Å². The summed E-state index contributed by atoms with van der Waals surface area (Å²) in [7, 11) is -8.71. The van der Waals surface area contributed by atoms with Crippen molar-refractivity contribution in [2.75, 3.05) is 0 Å². The maximum Gasteiger partial charge on any atom is 0.294 e. The Hall–Kier alpha value is -3.98. The van der Waals surface area contributed by atoms with Crippen LogP contribution in [0.5, 0.6) is 0 Å². The summed E-state index contributed by atoms with van der Waals surface area (Å²) < 4.78 is 67.8. The molecule has 5 aliphatic rings. The largest absolute Gasteiger partial charge is 0.310 e. The second-order valence-electron chi connectivity index (χ2n) is 16.1. The fourth-order valence-electron chi connectivity index (χ4n) is 10.6. The van der Waals surface area contributed by atoms with Gasteiger partial charge in [-0.1, -0.05) is 109 Å². The summed E-state index contributed by atoms with van der Waals surface area (Å²) >= 11 is 0. The van der Waals surface area contributed by atoms with E-state index in [1.165, 1.54) is 35.4 Å². The lowest BCUT2D eigenvalue weighted by molar-refractivity contribution is 0.316. The molecule has 5 heterocycles. The van der Waals surface area contributed by atoms with E-state index in [1.54, 1.807) is 0 Å². The molecule has 0 aliphatic carbocycles. The Kier molecular flexibility index (Phi) is 10.1. The van der Waals surface area contributed by atoms with Gasteiger partial charge in [0.1, 0.15) is 0 Å². The number of benzene rings is 4. The summed E-state index contributed by atoms with van der Waals surface area (Å²) in [4.78, 5) is -0.265. The van der Waals surface area contributed by atoms with Gasteiger partial charge in [-0.2, -0.15) is 16.8 Å². The zero-order chi connectivity index (χ0) is 38.6. The van der Waals surface area contributed by atoms with E-state index in [0.717, 1.165) is 36.8 Å². The molecule has 5 aliphatic heterocycles. The average Bonchev–Trinajstić information content (AvgIpc) is 4.03. The van der Waals surface area contributed by atoms with Crippen LogP contribution in [0.1, 0.15) is 71.6 Å². The summed E-state index contributed by atoms with van der Waals surface area (Å²) in [6, 6.07) is 35.1. The van der Waals surface area contributed by atoms with Crippen LogP contribution in [0.3, 0.4) is 0 Å². The molecule has 9 rings (SSSR count). The summed E-state index contributed by atoms with van der Waals surface area (Å²) in [5.74, 6) is 0.174. The first kappa shape index (κ1) is 37.6. The van der Waals surface area contributed by atoms with Crippen LogP contribution in [-0.2, 0) is 20.2 Å². The molecule has 12 heteroatoms. The Bertz CT molecular complexity index is 2310. The van der Waals surface area contributed by atoms with E-state index in [1.807, 2.05) is 24.3 Å². The SMILES string of the molecule is O=S(=O)(O)c1ccc(C2C3C=CC(N3)C(c3ccccc3)C3C=CC(N3)C(c3ccccc3)C3CCC(N3)C(c3ccc(S(=O)(=O)O)cc3)C3CCC2N3)cc1. The first-order valence-electron chi connectivity index (χ1n) is 19.7. The predicted octanol–water partition coefficient (Wildman–Crippen LogP) is 5.66. The Balaban J connectivity index is 1.14. The fourth-order valence-corrected chi connectivity index (χ4v) is 11.6. The summed E-state index contributed by atoms with van der Waals surface area (Å²) in [5, 5.41) is 16.3. The molecule has 6 N–H and O–H groups in total. The molecule has 3 saturated heterocycles. The molecule has 0 amide bonds. The maximum absolute atomic E-state index is 12.0. The third kappa shape index (κ3) is 7.33. The maximum atomic E-state index is 12.0. The van der Waals surface area contributed by atoms with E-state index in [0.29, 0.717) is 0 Å². The van der Waals surface area contributed by atoms with E-state index in [2.05, 4.69) is 106 Å². The standard InChI is InChI=1S/C44H48N4O6S2/c49-55(50,51)31-15-11-29(12-16-31)43-37-23-21-35(46-37)41(27-7-3-1-4-8-27)33-19-20-34(45-33)42(28-9-5-2-6-10-28)36-22-24-38(47-36)44(40-26-25-39(43)48-40)30-13-17-32(18-14-30)56(52,53)54/h1-21,23,33-48H,22,24-26H2,(H,49,50,51)(H,52,53,54). The van der Waals surface area contributed by atoms with Crippen LogP contribution < -0.4 is 21.3 Å². The molecule has 8 bridgehead atoms. The molecule has 10 nitrogen and oxygen atoms in total. The summed E-state index contributed by atoms with van der Waals surface area (Å²) in [6.45, 7) is 0. The van der Waals surface area contributed by atoms with Gasteiger partial charge in [0.25, 0.3) is 20.2 Å². The van der Waals surface area contributed by atoms with Crippen molar-refractivity contribution in [3.05, 3.63) is 156 Å². The minimum absolute atomic E-state index is 0.00514. The summed E-state index contributed by atoms with van der Waals surface area (Å²) in [5.41, 5.74) is 4.49. The highest BCUT2D eigenvalue weighted by Gasteiger charge is 2.47. The highest BCUT2D eigenvalue weighted by molar-refractivity contribution is 7.86. The van der Waals surface area contributed by atoms with Gasteiger partial charge < -0.3 is 21.3 Å².